The summed E-state index contributed by atoms with van der Waals surface area (Å²) in [4.78, 5) is 0. The van der Waals surface area contributed by atoms with E-state index in [1.54, 1.807) is 0 Å². The van der Waals surface area contributed by atoms with E-state index in [2.05, 4.69) is 0 Å². The molecule has 0 atom stereocenters. The second kappa shape index (κ2) is 606. The van der Waals surface area contributed by atoms with Crippen molar-refractivity contribution in [1.82, 2.24) is 0 Å². The summed E-state index contributed by atoms with van der Waals surface area (Å²) >= 11 is 0. The molecule has 0 amide bonds. The van der Waals surface area contributed by atoms with Gasteiger partial charge in [0.1, 0.15) is 0 Å². The van der Waals surface area contributed by atoms with E-state index < -0.39 is 0 Å². The van der Waals surface area contributed by atoms with Crippen LogP contribution in [0.5, 0.6) is 0 Å². The van der Waals surface area contributed by atoms with Crippen LogP contribution in [0.4, 0.5) is 0 Å². The molecule has 0 aliphatic heterocycles. The van der Waals surface area contributed by atoms with Crippen molar-refractivity contribution in [2.24, 2.45) is 0 Å². The van der Waals surface area contributed by atoms with Crippen LogP contribution in [0, 0.1) is 3320 Å². The van der Waals surface area contributed by atoms with Gasteiger partial charge in [-0.25, -0.2) is 0 Å². The molecule has 0 bridgehead atoms. The van der Waals surface area contributed by atoms with E-state index in [4.69, 9.17) is 0 Å². The Labute approximate surface area is 3180 Å². The summed E-state index contributed by atoms with van der Waals surface area (Å²) in [7, 11) is 0. The molecule has 0 spiro atoms. The smallest absolute Gasteiger partial charge is 0 e. The predicted molar refractivity (Wildman–Crippen MR) is 0 cm³/mol. The first-order valence-electron chi connectivity index (χ1n) is 0. The summed E-state index contributed by atoms with van der Waals surface area (Å²) in [5.74, 6) is 0. The van der Waals surface area contributed by atoms with Crippen LogP contribution in [-0.2, 0) is 0 Å². The molecular formula is Tb86. The van der Waals surface area contributed by atoms with E-state index in [1.807, 2.05) is 0 Å². The van der Waals surface area contributed by atoms with Crippen LogP contribution in [0.2, 0.25) is 0 Å². The van der Waals surface area contributed by atoms with Crippen molar-refractivity contribution in [3.63, 3.8) is 0 Å². The van der Waals surface area contributed by atoms with Crippen LogP contribution in [0.15, 0.2) is 0 Å². The molecule has 0 nitrogen and oxygen atoms in total. The first kappa shape index (κ1) is 615. The van der Waals surface area contributed by atoms with Crippen molar-refractivity contribution in [2.45, 2.75) is 0 Å². The van der Waals surface area contributed by atoms with Crippen molar-refractivity contribution in [3.8, 4) is 0 Å². The second-order valence-electron chi connectivity index (χ2n) is 0. The minimum absolute atomic E-state index is 0. The maximum absolute atomic E-state index is 0. The average Bonchev–Trinajstić information content (AvgIpc) is 0. The van der Waals surface area contributed by atoms with Crippen LogP contribution in [0.3, 0.4) is 0 Å². The number of hydrogen-bond donors (Lipinski definition) is 0. The Hall–Kier alpha value is 111. The van der Waals surface area contributed by atoms with Crippen LogP contribution in [0.25, 0.3) is 0 Å². The maximum atomic E-state index is 0. The van der Waals surface area contributed by atoms with Crippen molar-refractivity contribution < 1.29 is 3320 Å². The third kappa shape index (κ3) is 596. The van der Waals surface area contributed by atoms with Gasteiger partial charge in [0.2, 0.25) is 0 Å². The first-order chi connectivity index (χ1) is 0. The molecule has 86 heavy (non-hydrogen) atoms. The standard InChI is InChI=1S/86Tb. The molecule has 0 aliphatic rings. The van der Waals surface area contributed by atoms with E-state index in [-0.39, 0.29) is 3320 Å². The monoisotopic (exact) mass is 13700 g/mol. The fourth-order valence-electron chi connectivity index (χ4n) is 0. The Bertz CT molecular complexity index is 0. The third-order valence-corrected chi connectivity index (χ3v) is 0. The summed E-state index contributed by atoms with van der Waals surface area (Å²) in [6.45, 7) is 0. The minimum Gasteiger partial charge on any atom is 0 e. The van der Waals surface area contributed by atoms with Gasteiger partial charge in [-0.15, -0.1) is 0 Å². The van der Waals surface area contributed by atoms with Gasteiger partial charge in [-0.2, -0.15) is 0 Å². The zero-order chi connectivity index (χ0) is 0. The van der Waals surface area contributed by atoms with Crippen molar-refractivity contribution in [2.75, 3.05) is 0 Å². The van der Waals surface area contributed by atoms with Crippen LogP contribution in [-0.4, -0.2) is 0 Å². The largest absolute Gasteiger partial charge is 0 e. The Morgan fingerprint density at radius 3 is 0.0116 bits per heavy atom. The van der Waals surface area contributed by atoms with Gasteiger partial charge >= 0.3 is 0 Å². The molecule has 0 rings (SSSR count). The topological polar surface area (TPSA) is 0 Å². The zero-order valence-corrected chi connectivity index (χ0v) is 213. The van der Waals surface area contributed by atoms with Crippen LogP contribution < -0.4 is 0 Å². The van der Waals surface area contributed by atoms with Gasteiger partial charge in [0.05, 0.1) is 0 Å². The molecule has 0 aliphatic carbocycles. The van der Waals surface area contributed by atoms with Crippen LogP contribution in [0.1, 0.15) is 0 Å². The summed E-state index contributed by atoms with van der Waals surface area (Å²) < 4.78 is 0. The maximum Gasteiger partial charge on any atom is 0 e. The van der Waals surface area contributed by atoms with Crippen molar-refractivity contribution in [3.05, 3.63) is 0 Å². The summed E-state index contributed by atoms with van der Waals surface area (Å²) in [6, 6.07) is 0. The van der Waals surface area contributed by atoms with E-state index in [0.717, 1.165) is 0 Å². The Balaban J connectivity index is 0. The molecule has 0 N–H and O–H groups in total. The van der Waals surface area contributed by atoms with Crippen molar-refractivity contribution >= 4 is 0 Å². The molecule has 0 unspecified atom stereocenters. The van der Waals surface area contributed by atoms with Gasteiger partial charge in [0.15, 0.2) is 0 Å². The molecule has 774 valence electrons. The van der Waals surface area contributed by atoms with Gasteiger partial charge in [-0.3, -0.25) is 0 Å². The second-order valence-corrected chi connectivity index (χ2v) is 0. The Kier molecular flexibility index (Phi) is 4330. The summed E-state index contributed by atoms with van der Waals surface area (Å²) in [6.07, 6.45) is 0. The van der Waals surface area contributed by atoms with E-state index in [0.29, 0.717) is 0 Å². The van der Waals surface area contributed by atoms with E-state index in [1.165, 1.54) is 0 Å². The number of rotatable bonds is 0. The van der Waals surface area contributed by atoms with Crippen LogP contribution >= 0.6 is 0 Å². The SMILES string of the molecule is [Tb].[Tb].[Tb].[Tb].[Tb].[Tb].[Tb].[Tb].[Tb].[Tb].[Tb].[Tb].[Tb].[Tb].[Tb].[Tb].[Tb].[Tb].[Tb].[Tb].[Tb].[Tb].[Tb].[Tb].[Tb].[Tb].[Tb].[Tb].[Tb].[Tb].[Tb].[Tb].[Tb].[Tb].[Tb].[Tb].[Tb].[Tb].[Tb].[Tb].[Tb].[Tb].[Tb].[Tb].[Tb].[Tb].[Tb].[Tb].[Tb].[Tb].[Tb].[Tb].[Tb].[Tb].[Tb].[Tb].[Tb].[Tb].[Tb].[Tb].[Tb].[Tb].[Tb].[Tb].[Tb].[Tb].[Tb].[Tb].[Tb].[Tb].[Tb].[Tb].[Tb].[Tb].[Tb].[Tb].[Tb].[Tb].[Tb].[Tb].[Tb].[Tb].[Tb].[Tb].[Tb].[Tb]. The normalized spacial score (nSPS) is 0. The minimum atomic E-state index is 0. The summed E-state index contributed by atoms with van der Waals surface area (Å²) in [5, 5.41) is 0. The van der Waals surface area contributed by atoms with E-state index >= 15 is 0 Å². The molecule has 0 saturated carbocycles. The van der Waals surface area contributed by atoms with Gasteiger partial charge in [0, 0.05) is 3320 Å². The zero-order valence-electron chi connectivity index (χ0n) is 28.7. The molecular weight excluding hydrogens is 13700 g/mol. The van der Waals surface area contributed by atoms with Gasteiger partial charge < -0.3 is 0 Å². The molecule has 0 aromatic rings. The average molecular weight is 13700 g/mol. The third-order valence-electron chi connectivity index (χ3n) is 0. The first-order valence-corrected chi connectivity index (χ1v) is 0. The fourth-order valence-corrected chi connectivity index (χ4v) is 0. The summed E-state index contributed by atoms with van der Waals surface area (Å²) in [5.41, 5.74) is 0. The Morgan fingerprint density at radius 1 is 0.0116 bits per heavy atom. The molecule has 0 saturated heterocycles. The molecule has 0 fully saturated rings. The Morgan fingerprint density at radius 2 is 0.0116 bits per heavy atom. The van der Waals surface area contributed by atoms with Crippen molar-refractivity contribution in [1.29, 1.82) is 0 Å². The van der Waals surface area contributed by atoms with E-state index in [9.17, 15) is 0 Å². The molecule has 0 aromatic carbocycles. The van der Waals surface area contributed by atoms with Gasteiger partial charge in [-0.1, -0.05) is 0 Å². The quantitative estimate of drug-likeness (QED) is 0.321. The number of hydrogen-bond acceptors (Lipinski definition) is 0. The van der Waals surface area contributed by atoms with Gasteiger partial charge in [-0.05, 0) is 0 Å². The van der Waals surface area contributed by atoms with Gasteiger partial charge in [0.25, 0.3) is 0 Å². The molecule has 86 heteroatoms. The fraction of sp³-hybridized carbons (Fsp3) is 0. The molecule has 0 aromatic heterocycles. The molecule has 0 heterocycles. The molecule has 86 radical (unpaired) electrons. The predicted octanol–water partition coefficient (Wildman–Crippen LogP) is 0.